The number of hydrogen-bond donors (Lipinski definition) is 2. The fourth-order valence-electron chi connectivity index (χ4n) is 1.16. The van der Waals surface area contributed by atoms with Crippen LogP contribution in [0.2, 0.25) is 0 Å². The van der Waals surface area contributed by atoms with Gasteiger partial charge in [-0.1, -0.05) is 30.3 Å². The minimum absolute atomic E-state index is 0.168. The van der Waals surface area contributed by atoms with Crippen molar-refractivity contribution in [3.05, 3.63) is 35.9 Å². The molecule has 0 spiro atoms. The van der Waals surface area contributed by atoms with Gasteiger partial charge in [0.2, 0.25) is 0 Å². The Balaban J connectivity index is 2.24. The zero-order valence-electron chi connectivity index (χ0n) is 10.3. The zero-order chi connectivity index (χ0) is 13.4. The number of esters is 1. The van der Waals surface area contributed by atoms with E-state index in [-0.39, 0.29) is 6.61 Å². The molecule has 6 nitrogen and oxygen atoms in total. The summed E-state index contributed by atoms with van der Waals surface area (Å²) in [7, 11) is 1.27. The van der Waals surface area contributed by atoms with E-state index in [4.69, 9.17) is 4.74 Å². The lowest BCUT2D eigenvalue weighted by molar-refractivity contribution is -0.142. The number of carbonyl (C=O) groups is 2. The first-order valence-corrected chi connectivity index (χ1v) is 5.43. The molecule has 1 rings (SSSR count). The van der Waals surface area contributed by atoms with Gasteiger partial charge >= 0.3 is 12.1 Å². The van der Waals surface area contributed by atoms with Gasteiger partial charge in [0.15, 0.2) is 0 Å². The smallest absolute Gasteiger partial charge is 0.421 e. The Hall–Kier alpha value is -2.08. The highest BCUT2D eigenvalue weighted by molar-refractivity contribution is 5.75. The maximum Gasteiger partial charge on any atom is 0.421 e. The van der Waals surface area contributed by atoms with E-state index in [2.05, 4.69) is 15.6 Å². The van der Waals surface area contributed by atoms with Crippen LogP contribution < -0.4 is 10.9 Å². The van der Waals surface area contributed by atoms with Crippen LogP contribution in [-0.2, 0) is 20.9 Å². The maximum absolute atomic E-state index is 11.3. The SMILES string of the molecule is COC(=O)[C@H](C)NNC(=O)OCc1ccccc1. The molecule has 0 radical (unpaired) electrons. The number of nitrogens with one attached hydrogen (secondary N) is 2. The Bertz CT molecular complexity index is 394. The van der Waals surface area contributed by atoms with Crippen molar-refractivity contribution in [3.63, 3.8) is 0 Å². The van der Waals surface area contributed by atoms with Gasteiger partial charge in [-0.2, -0.15) is 0 Å². The zero-order valence-corrected chi connectivity index (χ0v) is 10.3. The summed E-state index contributed by atoms with van der Waals surface area (Å²) in [6, 6.07) is 8.64. The highest BCUT2D eigenvalue weighted by Crippen LogP contribution is 2.00. The lowest BCUT2D eigenvalue weighted by Crippen LogP contribution is -2.47. The molecule has 0 heterocycles. The number of hydrogen-bond acceptors (Lipinski definition) is 5. The molecule has 98 valence electrons. The van der Waals surface area contributed by atoms with E-state index in [9.17, 15) is 9.59 Å². The highest BCUT2D eigenvalue weighted by Gasteiger charge is 2.13. The van der Waals surface area contributed by atoms with Gasteiger partial charge in [-0.05, 0) is 12.5 Å². The summed E-state index contributed by atoms with van der Waals surface area (Å²) in [4.78, 5) is 22.3. The molecule has 0 saturated heterocycles. The van der Waals surface area contributed by atoms with Crippen LogP contribution in [-0.4, -0.2) is 25.2 Å². The molecule has 0 aliphatic rings. The molecule has 18 heavy (non-hydrogen) atoms. The molecule has 0 aliphatic carbocycles. The molecule has 2 N–H and O–H groups in total. The van der Waals surface area contributed by atoms with Crippen LogP contribution in [0.15, 0.2) is 30.3 Å². The lowest BCUT2D eigenvalue weighted by Gasteiger charge is -2.12. The van der Waals surface area contributed by atoms with E-state index < -0.39 is 18.1 Å². The van der Waals surface area contributed by atoms with E-state index in [0.29, 0.717) is 0 Å². The van der Waals surface area contributed by atoms with E-state index in [1.165, 1.54) is 7.11 Å². The number of methoxy groups -OCH3 is 1. The Labute approximate surface area is 105 Å². The molecule has 0 aliphatic heterocycles. The van der Waals surface area contributed by atoms with Gasteiger partial charge in [0.25, 0.3) is 0 Å². The predicted octanol–water partition coefficient (Wildman–Crippen LogP) is 0.979. The molecule has 0 aromatic heterocycles. The first-order valence-electron chi connectivity index (χ1n) is 5.43. The number of hydrazine groups is 1. The maximum atomic E-state index is 11.3. The van der Waals surface area contributed by atoms with Gasteiger partial charge in [0.1, 0.15) is 12.6 Å². The van der Waals surface area contributed by atoms with Crippen LogP contribution in [0.5, 0.6) is 0 Å². The predicted molar refractivity (Wildman–Crippen MR) is 64.4 cm³/mol. The van der Waals surface area contributed by atoms with Crippen molar-refractivity contribution < 1.29 is 19.1 Å². The lowest BCUT2D eigenvalue weighted by atomic mass is 10.2. The van der Waals surface area contributed by atoms with Gasteiger partial charge in [-0.25, -0.2) is 10.2 Å². The van der Waals surface area contributed by atoms with Crippen molar-refractivity contribution in [1.29, 1.82) is 0 Å². The third-order valence-corrected chi connectivity index (χ3v) is 2.16. The highest BCUT2D eigenvalue weighted by atomic mass is 16.6. The molecule has 0 fully saturated rings. The summed E-state index contributed by atoms with van der Waals surface area (Å²) in [5.74, 6) is -0.474. The molecule has 1 aromatic rings. The molecule has 1 amide bonds. The molecule has 6 heteroatoms. The van der Waals surface area contributed by atoms with Crippen LogP contribution in [0.25, 0.3) is 0 Å². The first kappa shape index (κ1) is 14.0. The third-order valence-electron chi connectivity index (χ3n) is 2.16. The van der Waals surface area contributed by atoms with Gasteiger partial charge in [0.05, 0.1) is 7.11 Å². The largest absolute Gasteiger partial charge is 0.468 e. The molecule has 0 bridgehead atoms. The van der Waals surface area contributed by atoms with Crippen molar-refractivity contribution >= 4 is 12.1 Å². The second kappa shape index (κ2) is 7.29. The Morgan fingerprint density at radius 3 is 2.56 bits per heavy atom. The van der Waals surface area contributed by atoms with Crippen molar-refractivity contribution in [2.24, 2.45) is 0 Å². The fourth-order valence-corrected chi connectivity index (χ4v) is 1.16. The second-order valence-corrected chi connectivity index (χ2v) is 3.58. The molecule has 0 saturated carbocycles. The minimum Gasteiger partial charge on any atom is -0.468 e. The average molecular weight is 252 g/mol. The van der Waals surface area contributed by atoms with Crippen LogP contribution in [0.4, 0.5) is 4.79 Å². The van der Waals surface area contributed by atoms with Crippen molar-refractivity contribution in [1.82, 2.24) is 10.9 Å². The second-order valence-electron chi connectivity index (χ2n) is 3.58. The number of ether oxygens (including phenoxy) is 2. The summed E-state index contributed by atoms with van der Waals surface area (Å²) >= 11 is 0. The van der Waals surface area contributed by atoms with Crippen LogP contribution in [0, 0.1) is 0 Å². The quantitative estimate of drug-likeness (QED) is 0.603. The summed E-state index contributed by atoms with van der Waals surface area (Å²) in [5.41, 5.74) is 5.61. The van der Waals surface area contributed by atoms with Crippen LogP contribution in [0.1, 0.15) is 12.5 Å². The molecular formula is C12H16N2O4. The van der Waals surface area contributed by atoms with E-state index >= 15 is 0 Å². The summed E-state index contributed by atoms with van der Waals surface area (Å²) in [6.07, 6.45) is -0.658. The number of rotatable bonds is 5. The molecule has 0 unspecified atom stereocenters. The van der Waals surface area contributed by atoms with E-state index in [1.807, 2.05) is 30.3 Å². The summed E-state index contributed by atoms with van der Waals surface area (Å²) in [6.45, 7) is 1.73. The van der Waals surface area contributed by atoms with Gasteiger partial charge in [0, 0.05) is 0 Å². The molecule has 1 atom stereocenters. The van der Waals surface area contributed by atoms with Crippen molar-refractivity contribution in [2.75, 3.05) is 7.11 Å². The molecular weight excluding hydrogens is 236 g/mol. The van der Waals surface area contributed by atoms with Crippen LogP contribution in [0.3, 0.4) is 0 Å². The topological polar surface area (TPSA) is 76.7 Å². The summed E-state index contributed by atoms with van der Waals surface area (Å²) in [5, 5.41) is 0. The van der Waals surface area contributed by atoms with Gasteiger partial charge in [-0.3, -0.25) is 10.2 Å². The standard InChI is InChI=1S/C12H16N2O4/c1-9(11(15)17-2)13-14-12(16)18-8-10-6-4-3-5-7-10/h3-7,9,13H,8H2,1-2H3,(H,14,16)/t9-/m0/s1. The monoisotopic (exact) mass is 252 g/mol. The number of carbonyl (C=O) groups excluding carboxylic acids is 2. The van der Waals surface area contributed by atoms with Gasteiger partial charge < -0.3 is 9.47 Å². The van der Waals surface area contributed by atoms with Crippen molar-refractivity contribution in [2.45, 2.75) is 19.6 Å². The van der Waals surface area contributed by atoms with Gasteiger partial charge in [-0.15, -0.1) is 0 Å². The Morgan fingerprint density at radius 1 is 1.28 bits per heavy atom. The van der Waals surface area contributed by atoms with Crippen molar-refractivity contribution in [3.8, 4) is 0 Å². The normalized spacial score (nSPS) is 11.4. The van der Waals surface area contributed by atoms with E-state index in [1.54, 1.807) is 6.92 Å². The Morgan fingerprint density at radius 2 is 1.94 bits per heavy atom. The number of benzene rings is 1. The Kier molecular flexibility index (Phi) is 5.66. The third kappa shape index (κ3) is 4.84. The van der Waals surface area contributed by atoms with E-state index in [0.717, 1.165) is 5.56 Å². The summed E-state index contributed by atoms with van der Waals surface area (Å²) < 4.78 is 9.41. The fraction of sp³-hybridized carbons (Fsp3) is 0.333. The van der Waals surface area contributed by atoms with Crippen LogP contribution >= 0.6 is 0 Å². The first-order chi connectivity index (χ1) is 8.63. The number of amides is 1. The molecule has 1 aromatic carbocycles. The average Bonchev–Trinajstić information content (AvgIpc) is 2.42. The minimum atomic E-state index is -0.658.